The zero-order valence-electron chi connectivity index (χ0n) is 14.4. The van der Waals surface area contributed by atoms with Gasteiger partial charge in [-0.1, -0.05) is 0 Å². The summed E-state index contributed by atoms with van der Waals surface area (Å²) in [6.07, 6.45) is 6.21. The van der Waals surface area contributed by atoms with Crippen LogP contribution in [-0.4, -0.2) is 78.3 Å². The first-order valence-corrected chi connectivity index (χ1v) is 8.65. The van der Waals surface area contributed by atoms with E-state index in [1.54, 1.807) is 24.8 Å². The van der Waals surface area contributed by atoms with Gasteiger partial charge in [0.25, 0.3) is 0 Å². The van der Waals surface area contributed by atoms with Crippen LogP contribution in [0.25, 0.3) is 0 Å². The average molecular weight is 356 g/mol. The predicted molar refractivity (Wildman–Crippen MR) is 93.6 cm³/mol. The molecule has 0 spiro atoms. The summed E-state index contributed by atoms with van der Waals surface area (Å²) in [6, 6.07) is 0. The molecule has 2 aromatic rings. The lowest BCUT2D eigenvalue weighted by molar-refractivity contribution is 0.103. The third-order valence-corrected chi connectivity index (χ3v) is 4.39. The van der Waals surface area contributed by atoms with Crippen LogP contribution in [-0.2, 0) is 9.47 Å². The predicted octanol–water partition coefficient (Wildman–Crippen LogP) is 0.171. The van der Waals surface area contributed by atoms with Crippen molar-refractivity contribution in [1.82, 2.24) is 19.9 Å². The third kappa shape index (κ3) is 3.63. The first-order chi connectivity index (χ1) is 12.8. The Morgan fingerprint density at radius 2 is 1.04 bits per heavy atom. The zero-order chi connectivity index (χ0) is 17.8. The first-order valence-electron chi connectivity index (χ1n) is 8.65. The van der Waals surface area contributed by atoms with Crippen molar-refractivity contribution in [1.29, 1.82) is 0 Å². The SMILES string of the molecule is O=C(c1cnc(N2CCOCC2)nc1)c1cnc(N2CCOCC2)nc1. The Labute approximate surface area is 151 Å². The number of morpholine rings is 2. The fourth-order valence-electron chi connectivity index (χ4n) is 2.90. The standard InChI is InChI=1S/C17H20N6O3/c24-15(13-9-18-16(19-10-13)22-1-5-25-6-2-22)14-11-20-17(21-12-14)23-3-7-26-8-4-23/h9-12H,1-8H2. The van der Waals surface area contributed by atoms with E-state index in [1.165, 1.54) is 0 Å². The van der Waals surface area contributed by atoms with E-state index in [2.05, 4.69) is 19.9 Å². The van der Waals surface area contributed by atoms with Gasteiger partial charge < -0.3 is 19.3 Å². The maximum absolute atomic E-state index is 12.6. The summed E-state index contributed by atoms with van der Waals surface area (Å²) in [6.45, 7) is 5.67. The third-order valence-electron chi connectivity index (χ3n) is 4.39. The first kappa shape index (κ1) is 16.8. The van der Waals surface area contributed by atoms with Crippen LogP contribution in [0, 0.1) is 0 Å². The average Bonchev–Trinajstić information content (AvgIpc) is 2.75. The van der Waals surface area contributed by atoms with Crippen molar-refractivity contribution in [2.45, 2.75) is 0 Å². The largest absolute Gasteiger partial charge is 0.378 e. The molecule has 0 amide bonds. The molecule has 0 unspecified atom stereocenters. The molecule has 4 rings (SSSR count). The van der Waals surface area contributed by atoms with Crippen molar-refractivity contribution in [3.05, 3.63) is 35.9 Å². The molecule has 9 heteroatoms. The fraction of sp³-hybridized carbons (Fsp3) is 0.471. The van der Waals surface area contributed by atoms with Crippen molar-refractivity contribution in [3.63, 3.8) is 0 Å². The van der Waals surface area contributed by atoms with E-state index in [4.69, 9.17) is 9.47 Å². The van der Waals surface area contributed by atoms with Gasteiger partial charge in [0, 0.05) is 51.0 Å². The molecular formula is C17H20N6O3. The smallest absolute Gasteiger partial charge is 0.225 e. The van der Waals surface area contributed by atoms with E-state index in [1.807, 2.05) is 9.80 Å². The minimum Gasteiger partial charge on any atom is -0.378 e. The Hall–Kier alpha value is -2.65. The van der Waals surface area contributed by atoms with Gasteiger partial charge in [-0.3, -0.25) is 4.79 Å². The quantitative estimate of drug-likeness (QED) is 0.711. The number of carbonyl (C=O) groups excluding carboxylic acids is 1. The molecular weight excluding hydrogens is 336 g/mol. The second kappa shape index (κ2) is 7.71. The van der Waals surface area contributed by atoms with Gasteiger partial charge in [0.1, 0.15) is 0 Å². The minimum atomic E-state index is -0.188. The molecule has 2 aliphatic heterocycles. The van der Waals surface area contributed by atoms with Crippen LogP contribution in [0.15, 0.2) is 24.8 Å². The molecule has 0 aromatic carbocycles. The Bertz CT molecular complexity index is 677. The highest BCUT2D eigenvalue weighted by Crippen LogP contribution is 2.14. The number of ether oxygens (including phenoxy) is 2. The summed E-state index contributed by atoms with van der Waals surface area (Å²) in [5, 5.41) is 0. The number of nitrogens with zero attached hydrogens (tertiary/aromatic N) is 6. The fourth-order valence-corrected chi connectivity index (χ4v) is 2.90. The Morgan fingerprint density at radius 3 is 1.38 bits per heavy atom. The highest BCUT2D eigenvalue weighted by molar-refractivity contribution is 6.08. The van der Waals surface area contributed by atoms with Crippen LogP contribution < -0.4 is 9.80 Å². The second-order valence-electron chi connectivity index (χ2n) is 6.07. The van der Waals surface area contributed by atoms with Crippen molar-refractivity contribution >= 4 is 17.7 Å². The monoisotopic (exact) mass is 356 g/mol. The Kier molecular flexibility index (Phi) is 4.98. The van der Waals surface area contributed by atoms with Crippen LogP contribution in [0.4, 0.5) is 11.9 Å². The maximum Gasteiger partial charge on any atom is 0.225 e. The molecule has 2 aromatic heterocycles. The molecule has 136 valence electrons. The number of anilines is 2. The summed E-state index contributed by atoms with van der Waals surface area (Å²) < 4.78 is 10.6. The molecule has 0 saturated carbocycles. The zero-order valence-corrected chi connectivity index (χ0v) is 14.4. The van der Waals surface area contributed by atoms with E-state index < -0.39 is 0 Å². The molecule has 2 fully saturated rings. The van der Waals surface area contributed by atoms with Crippen LogP contribution >= 0.6 is 0 Å². The molecule has 0 atom stereocenters. The highest BCUT2D eigenvalue weighted by Gasteiger charge is 2.17. The van der Waals surface area contributed by atoms with Crippen LogP contribution in [0.2, 0.25) is 0 Å². The molecule has 9 nitrogen and oxygen atoms in total. The summed E-state index contributed by atoms with van der Waals surface area (Å²) in [7, 11) is 0. The minimum absolute atomic E-state index is 0.188. The van der Waals surface area contributed by atoms with E-state index in [0.717, 1.165) is 26.2 Å². The van der Waals surface area contributed by atoms with Crippen molar-refractivity contribution in [2.24, 2.45) is 0 Å². The van der Waals surface area contributed by atoms with Gasteiger partial charge in [-0.05, 0) is 0 Å². The van der Waals surface area contributed by atoms with Gasteiger partial charge >= 0.3 is 0 Å². The summed E-state index contributed by atoms with van der Waals surface area (Å²) in [4.78, 5) is 33.9. The summed E-state index contributed by atoms with van der Waals surface area (Å²) in [5.74, 6) is 1.04. The van der Waals surface area contributed by atoms with Gasteiger partial charge in [-0.2, -0.15) is 0 Å². The van der Waals surface area contributed by atoms with Gasteiger partial charge in [0.2, 0.25) is 11.9 Å². The molecule has 0 radical (unpaired) electrons. The number of ketones is 1. The Morgan fingerprint density at radius 1 is 0.692 bits per heavy atom. The number of rotatable bonds is 4. The van der Waals surface area contributed by atoms with E-state index in [9.17, 15) is 4.79 Å². The van der Waals surface area contributed by atoms with Crippen LogP contribution in [0.3, 0.4) is 0 Å². The van der Waals surface area contributed by atoms with E-state index in [-0.39, 0.29) is 5.78 Å². The summed E-state index contributed by atoms with van der Waals surface area (Å²) in [5.41, 5.74) is 0.842. The number of hydrogen-bond donors (Lipinski definition) is 0. The second-order valence-corrected chi connectivity index (χ2v) is 6.07. The molecule has 2 aliphatic rings. The Balaban J connectivity index is 1.44. The number of carbonyl (C=O) groups is 1. The van der Waals surface area contributed by atoms with Gasteiger partial charge in [0.05, 0.1) is 37.6 Å². The van der Waals surface area contributed by atoms with Gasteiger partial charge in [0.15, 0.2) is 5.78 Å². The van der Waals surface area contributed by atoms with E-state index in [0.29, 0.717) is 49.5 Å². The van der Waals surface area contributed by atoms with Crippen LogP contribution in [0.1, 0.15) is 15.9 Å². The normalized spacial score (nSPS) is 18.0. The van der Waals surface area contributed by atoms with Crippen molar-refractivity contribution in [3.8, 4) is 0 Å². The van der Waals surface area contributed by atoms with E-state index >= 15 is 0 Å². The topological polar surface area (TPSA) is 93.6 Å². The lowest BCUT2D eigenvalue weighted by atomic mass is 10.1. The van der Waals surface area contributed by atoms with Crippen molar-refractivity contribution in [2.75, 3.05) is 62.4 Å². The van der Waals surface area contributed by atoms with Gasteiger partial charge in [-0.25, -0.2) is 19.9 Å². The van der Waals surface area contributed by atoms with Crippen LogP contribution in [0.5, 0.6) is 0 Å². The molecule has 4 heterocycles. The highest BCUT2D eigenvalue weighted by atomic mass is 16.5. The molecule has 26 heavy (non-hydrogen) atoms. The maximum atomic E-state index is 12.6. The molecule has 0 N–H and O–H groups in total. The van der Waals surface area contributed by atoms with Crippen molar-refractivity contribution < 1.29 is 14.3 Å². The molecule has 0 bridgehead atoms. The molecule has 0 aliphatic carbocycles. The molecule has 2 saturated heterocycles. The number of aromatic nitrogens is 4. The summed E-state index contributed by atoms with van der Waals surface area (Å²) >= 11 is 0. The lowest BCUT2D eigenvalue weighted by Gasteiger charge is -2.26. The lowest BCUT2D eigenvalue weighted by Crippen LogP contribution is -2.37. The van der Waals surface area contributed by atoms with Gasteiger partial charge in [-0.15, -0.1) is 0 Å². The number of hydrogen-bond acceptors (Lipinski definition) is 9.